The molecule has 0 heterocycles. The number of nitrogens with one attached hydrogen (secondary N) is 1. The zero-order valence-electron chi connectivity index (χ0n) is 5.68. The monoisotopic (exact) mass is 131 g/mol. The fourth-order valence-electron chi connectivity index (χ4n) is 0.468. The molecule has 0 aliphatic carbocycles. The fraction of sp³-hybridized carbons (Fsp3) is 0.833. The standard InChI is InChI=1S/C6H13NO2/c1-6(9)5-7-3-2-4-8/h7-8H,2-5H2,1H3. The number of carbonyl (C=O) groups excluding carboxylic acids is 1. The average Bonchev–Trinajstić information content (AvgIpc) is 1.80. The zero-order valence-corrected chi connectivity index (χ0v) is 5.68. The van der Waals surface area contributed by atoms with Crippen molar-refractivity contribution in [2.75, 3.05) is 19.7 Å². The lowest BCUT2D eigenvalue weighted by atomic mass is 10.4. The number of Topliss-reactive ketones (excluding diaryl/α,β-unsaturated/α-hetero) is 1. The van der Waals surface area contributed by atoms with E-state index in [9.17, 15) is 4.79 Å². The molecule has 0 aromatic rings. The molecule has 0 atom stereocenters. The van der Waals surface area contributed by atoms with Gasteiger partial charge in [0.2, 0.25) is 0 Å². The van der Waals surface area contributed by atoms with Gasteiger partial charge in [-0.1, -0.05) is 0 Å². The highest BCUT2D eigenvalue weighted by molar-refractivity contribution is 5.77. The fourth-order valence-corrected chi connectivity index (χ4v) is 0.468. The molecular formula is C6H13NO2. The summed E-state index contributed by atoms with van der Waals surface area (Å²) in [5.41, 5.74) is 0. The third-order valence-electron chi connectivity index (χ3n) is 0.886. The minimum atomic E-state index is 0.132. The Bertz CT molecular complexity index is 83.1. The summed E-state index contributed by atoms with van der Waals surface area (Å²) < 4.78 is 0. The van der Waals surface area contributed by atoms with Crippen LogP contribution in [0.2, 0.25) is 0 Å². The Morgan fingerprint density at radius 1 is 1.67 bits per heavy atom. The average molecular weight is 131 g/mol. The van der Waals surface area contributed by atoms with Gasteiger partial charge in [-0.25, -0.2) is 0 Å². The molecule has 0 fully saturated rings. The molecule has 0 saturated carbocycles. The quantitative estimate of drug-likeness (QED) is 0.497. The van der Waals surface area contributed by atoms with E-state index in [2.05, 4.69) is 5.32 Å². The highest BCUT2D eigenvalue weighted by Gasteiger charge is 1.89. The molecule has 0 amide bonds. The van der Waals surface area contributed by atoms with E-state index in [1.165, 1.54) is 6.92 Å². The predicted molar refractivity (Wildman–Crippen MR) is 35.3 cm³/mol. The summed E-state index contributed by atoms with van der Waals surface area (Å²) in [5.74, 6) is 0.132. The lowest BCUT2D eigenvalue weighted by Crippen LogP contribution is -2.22. The summed E-state index contributed by atoms with van der Waals surface area (Å²) >= 11 is 0. The lowest BCUT2D eigenvalue weighted by molar-refractivity contribution is -0.116. The van der Waals surface area contributed by atoms with Crippen molar-refractivity contribution in [2.24, 2.45) is 0 Å². The molecule has 54 valence electrons. The first-order chi connectivity index (χ1) is 4.27. The molecule has 0 rings (SSSR count). The molecule has 0 bridgehead atoms. The number of rotatable bonds is 5. The topological polar surface area (TPSA) is 49.3 Å². The van der Waals surface area contributed by atoms with Crippen molar-refractivity contribution in [2.45, 2.75) is 13.3 Å². The van der Waals surface area contributed by atoms with Gasteiger partial charge in [0.15, 0.2) is 0 Å². The first kappa shape index (κ1) is 8.59. The number of aliphatic hydroxyl groups excluding tert-OH is 1. The smallest absolute Gasteiger partial charge is 0.143 e. The van der Waals surface area contributed by atoms with Crippen LogP contribution in [-0.2, 0) is 4.79 Å². The third kappa shape index (κ3) is 7.59. The van der Waals surface area contributed by atoms with Crippen molar-refractivity contribution >= 4 is 5.78 Å². The van der Waals surface area contributed by atoms with E-state index >= 15 is 0 Å². The van der Waals surface area contributed by atoms with Gasteiger partial charge < -0.3 is 10.4 Å². The second kappa shape index (κ2) is 5.72. The first-order valence-electron chi connectivity index (χ1n) is 3.08. The van der Waals surface area contributed by atoms with E-state index < -0.39 is 0 Å². The van der Waals surface area contributed by atoms with Crippen molar-refractivity contribution in [3.05, 3.63) is 0 Å². The van der Waals surface area contributed by atoms with Crippen LogP contribution in [0.15, 0.2) is 0 Å². The number of hydrogen-bond donors (Lipinski definition) is 2. The van der Waals surface area contributed by atoms with Crippen LogP contribution in [0.1, 0.15) is 13.3 Å². The Morgan fingerprint density at radius 3 is 2.78 bits per heavy atom. The minimum absolute atomic E-state index is 0.132. The van der Waals surface area contributed by atoms with Crippen LogP contribution in [0, 0.1) is 0 Å². The highest BCUT2D eigenvalue weighted by Crippen LogP contribution is 1.71. The zero-order chi connectivity index (χ0) is 7.11. The van der Waals surface area contributed by atoms with Crippen molar-refractivity contribution < 1.29 is 9.90 Å². The largest absolute Gasteiger partial charge is 0.396 e. The van der Waals surface area contributed by atoms with Crippen LogP contribution in [-0.4, -0.2) is 30.6 Å². The number of hydrogen-bond acceptors (Lipinski definition) is 3. The summed E-state index contributed by atoms with van der Waals surface area (Å²) in [6.07, 6.45) is 0.716. The Balaban J connectivity index is 2.83. The van der Waals surface area contributed by atoms with Crippen molar-refractivity contribution in [3.8, 4) is 0 Å². The molecule has 0 aromatic carbocycles. The van der Waals surface area contributed by atoms with Crippen LogP contribution in [0.3, 0.4) is 0 Å². The van der Waals surface area contributed by atoms with Gasteiger partial charge in [0.05, 0.1) is 6.54 Å². The molecule has 2 N–H and O–H groups in total. The molecule has 0 spiro atoms. The van der Waals surface area contributed by atoms with Crippen LogP contribution >= 0.6 is 0 Å². The Hall–Kier alpha value is -0.410. The van der Waals surface area contributed by atoms with Crippen LogP contribution in [0.5, 0.6) is 0 Å². The van der Waals surface area contributed by atoms with Crippen molar-refractivity contribution in [3.63, 3.8) is 0 Å². The van der Waals surface area contributed by atoms with E-state index in [4.69, 9.17) is 5.11 Å². The summed E-state index contributed by atoms with van der Waals surface area (Å²) in [7, 11) is 0. The van der Waals surface area contributed by atoms with Gasteiger partial charge in [0.1, 0.15) is 5.78 Å². The third-order valence-corrected chi connectivity index (χ3v) is 0.886. The van der Waals surface area contributed by atoms with Gasteiger partial charge in [0, 0.05) is 6.61 Å². The summed E-state index contributed by atoms with van der Waals surface area (Å²) in [5, 5.41) is 11.2. The van der Waals surface area contributed by atoms with Crippen molar-refractivity contribution in [1.82, 2.24) is 5.32 Å². The van der Waals surface area contributed by atoms with Crippen LogP contribution < -0.4 is 5.32 Å². The van der Waals surface area contributed by atoms with E-state index in [0.717, 1.165) is 6.54 Å². The summed E-state index contributed by atoms with van der Waals surface area (Å²) in [6.45, 7) is 2.85. The SMILES string of the molecule is CC(=O)CNCCCO. The molecule has 0 aliphatic rings. The number of aliphatic hydroxyl groups is 1. The molecule has 3 nitrogen and oxygen atoms in total. The van der Waals surface area contributed by atoms with Crippen molar-refractivity contribution in [1.29, 1.82) is 0 Å². The van der Waals surface area contributed by atoms with Crippen LogP contribution in [0.4, 0.5) is 0 Å². The Labute approximate surface area is 55.1 Å². The van der Waals surface area contributed by atoms with E-state index in [1.807, 2.05) is 0 Å². The first-order valence-corrected chi connectivity index (χ1v) is 3.08. The maximum absolute atomic E-state index is 10.3. The molecule has 3 heteroatoms. The maximum atomic E-state index is 10.3. The number of carbonyl (C=O) groups is 1. The van der Waals surface area contributed by atoms with Gasteiger partial charge in [-0.3, -0.25) is 4.79 Å². The van der Waals surface area contributed by atoms with E-state index in [0.29, 0.717) is 13.0 Å². The summed E-state index contributed by atoms with van der Waals surface area (Å²) in [6, 6.07) is 0. The molecule has 0 saturated heterocycles. The van der Waals surface area contributed by atoms with E-state index in [1.54, 1.807) is 0 Å². The highest BCUT2D eigenvalue weighted by atomic mass is 16.3. The molecule has 0 aromatic heterocycles. The predicted octanol–water partition coefficient (Wildman–Crippen LogP) is -0.453. The van der Waals surface area contributed by atoms with Crippen LogP contribution in [0.25, 0.3) is 0 Å². The maximum Gasteiger partial charge on any atom is 0.143 e. The second-order valence-corrected chi connectivity index (χ2v) is 1.96. The minimum Gasteiger partial charge on any atom is -0.396 e. The Kier molecular flexibility index (Phi) is 5.46. The van der Waals surface area contributed by atoms with Gasteiger partial charge in [-0.05, 0) is 19.9 Å². The van der Waals surface area contributed by atoms with E-state index in [-0.39, 0.29) is 12.4 Å². The number of ketones is 1. The second-order valence-electron chi connectivity index (χ2n) is 1.96. The van der Waals surface area contributed by atoms with Gasteiger partial charge in [-0.2, -0.15) is 0 Å². The lowest BCUT2D eigenvalue weighted by Gasteiger charge is -1.97. The van der Waals surface area contributed by atoms with Gasteiger partial charge >= 0.3 is 0 Å². The molecular weight excluding hydrogens is 118 g/mol. The molecule has 0 radical (unpaired) electrons. The molecule has 0 aliphatic heterocycles. The molecule has 0 unspecified atom stereocenters. The van der Waals surface area contributed by atoms with Gasteiger partial charge in [0.25, 0.3) is 0 Å². The van der Waals surface area contributed by atoms with Gasteiger partial charge in [-0.15, -0.1) is 0 Å². The summed E-state index contributed by atoms with van der Waals surface area (Å²) in [4.78, 5) is 10.3. The Morgan fingerprint density at radius 2 is 2.33 bits per heavy atom. The molecule has 9 heavy (non-hydrogen) atoms. The normalized spacial score (nSPS) is 9.56.